The van der Waals surface area contributed by atoms with Gasteiger partial charge in [0.25, 0.3) is 0 Å². The zero-order valence-electron chi connectivity index (χ0n) is 9.11. The number of rotatable bonds is 3. The first kappa shape index (κ1) is 11.2. The zero-order chi connectivity index (χ0) is 11.5. The molecule has 5 nitrogen and oxygen atoms in total. The molecule has 1 heterocycles. The summed E-state index contributed by atoms with van der Waals surface area (Å²) in [4.78, 5) is 11.5. The summed E-state index contributed by atoms with van der Waals surface area (Å²) in [5.74, 6) is -0.270. The summed E-state index contributed by atoms with van der Waals surface area (Å²) in [6, 6.07) is 1.95. The number of carbonyl (C=O) groups is 1. The molecule has 80 valence electrons. The van der Waals surface area contributed by atoms with Crippen molar-refractivity contribution in [3.05, 3.63) is 18.0 Å². The molecule has 0 saturated heterocycles. The number of aromatic nitrogens is 2. The summed E-state index contributed by atoms with van der Waals surface area (Å²) in [6.45, 7) is 3.58. The molecule has 1 N–H and O–H groups in total. The lowest BCUT2D eigenvalue weighted by molar-refractivity contribution is -0.126. The number of carbonyl (C=O) groups excluding carboxylic acids is 1. The van der Waals surface area contributed by atoms with E-state index in [-0.39, 0.29) is 5.91 Å². The van der Waals surface area contributed by atoms with Crippen LogP contribution in [0.1, 0.15) is 19.4 Å². The van der Waals surface area contributed by atoms with Gasteiger partial charge in [-0.15, -0.1) is 0 Å². The molecule has 0 radical (unpaired) electrons. The Labute approximate surface area is 88.7 Å². The predicted molar refractivity (Wildman–Crippen MR) is 54.4 cm³/mol. The Morgan fingerprint density at radius 1 is 1.73 bits per heavy atom. The van der Waals surface area contributed by atoms with Gasteiger partial charge in [0.15, 0.2) is 0 Å². The molecule has 0 atom stereocenters. The molecule has 0 spiro atoms. The van der Waals surface area contributed by atoms with Gasteiger partial charge in [0.1, 0.15) is 5.41 Å². The molecule has 0 unspecified atom stereocenters. The van der Waals surface area contributed by atoms with Crippen LogP contribution in [0.5, 0.6) is 0 Å². The minimum atomic E-state index is -0.984. The number of nitrogens with zero attached hydrogens (tertiary/aromatic N) is 3. The fourth-order valence-corrected chi connectivity index (χ4v) is 1.02. The first-order chi connectivity index (χ1) is 6.95. The standard InChI is InChI=1S/C10H14N4O/c1-10(2,7-11)9(15)12-4-8-5-13-14(3)6-8/h5-6H,4H2,1-3H3,(H,12,15). The van der Waals surface area contributed by atoms with Crippen molar-refractivity contribution in [1.82, 2.24) is 15.1 Å². The highest BCUT2D eigenvalue weighted by Crippen LogP contribution is 2.12. The van der Waals surface area contributed by atoms with E-state index in [1.807, 2.05) is 19.3 Å². The van der Waals surface area contributed by atoms with E-state index < -0.39 is 5.41 Å². The Morgan fingerprint density at radius 2 is 2.40 bits per heavy atom. The van der Waals surface area contributed by atoms with Crippen molar-refractivity contribution in [1.29, 1.82) is 5.26 Å². The number of nitriles is 1. The summed E-state index contributed by atoms with van der Waals surface area (Å²) in [5, 5.41) is 15.4. The fourth-order valence-electron chi connectivity index (χ4n) is 1.02. The number of nitrogens with one attached hydrogen (secondary N) is 1. The predicted octanol–water partition coefficient (Wildman–Crippen LogP) is 0.586. The monoisotopic (exact) mass is 206 g/mol. The van der Waals surface area contributed by atoms with Gasteiger partial charge in [-0.2, -0.15) is 10.4 Å². The highest BCUT2D eigenvalue weighted by molar-refractivity contribution is 5.84. The summed E-state index contributed by atoms with van der Waals surface area (Å²) in [5.41, 5.74) is -0.0676. The van der Waals surface area contributed by atoms with Crippen molar-refractivity contribution >= 4 is 5.91 Å². The largest absolute Gasteiger partial charge is 0.351 e. The minimum absolute atomic E-state index is 0.270. The Kier molecular flexibility index (Phi) is 3.10. The maximum absolute atomic E-state index is 11.5. The Bertz CT molecular complexity index is 400. The van der Waals surface area contributed by atoms with E-state index >= 15 is 0 Å². The van der Waals surface area contributed by atoms with E-state index in [0.717, 1.165) is 5.56 Å². The van der Waals surface area contributed by atoms with Crippen LogP contribution in [0.3, 0.4) is 0 Å². The molecule has 5 heteroatoms. The number of aryl methyl sites for hydroxylation is 1. The van der Waals surface area contributed by atoms with Crippen LogP contribution in [0.25, 0.3) is 0 Å². The van der Waals surface area contributed by atoms with E-state index in [1.54, 1.807) is 24.7 Å². The maximum atomic E-state index is 11.5. The first-order valence-electron chi connectivity index (χ1n) is 4.63. The molecule has 0 aliphatic carbocycles. The van der Waals surface area contributed by atoms with Gasteiger partial charge in [0.2, 0.25) is 5.91 Å². The van der Waals surface area contributed by atoms with E-state index in [9.17, 15) is 4.79 Å². The molecule has 0 aromatic carbocycles. The second kappa shape index (κ2) is 4.13. The average Bonchev–Trinajstić information content (AvgIpc) is 2.60. The van der Waals surface area contributed by atoms with E-state index in [4.69, 9.17) is 5.26 Å². The lowest BCUT2D eigenvalue weighted by Crippen LogP contribution is -2.35. The summed E-state index contributed by atoms with van der Waals surface area (Å²) in [6.07, 6.45) is 3.50. The molecule has 0 fully saturated rings. The lowest BCUT2D eigenvalue weighted by Gasteiger charge is -2.14. The van der Waals surface area contributed by atoms with E-state index in [1.165, 1.54) is 0 Å². The second-order valence-electron chi connectivity index (χ2n) is 3.94. The van der Waals surface area contributed by atoms with Crippen LogP contribution in [0.15, 0.2) is 12.4 Å². The van der Waals surface area contributed by atoms with Gasteiger partial charge in [-0.05, 0) is 13.8 Å². The third-order valence-corrected chi connectivity index (χ3v) is 2.06. The van der Waals surface area contributed by atoms with Gasteiger partial charge in [-0.1, -0.05) is 0 Å². The first-order valence-corrected chi connectivity index (χ1v) is 4.63. The van der Waals surface area contributed by atoms with Gasteiger partial charge in [-0.25, -0.2) is 0 Å². The van der Waals surface area contributed by atoms with Crippen LogP contribution in [0.4, 0.5) is 0 Å². The molecule has 1 aromatic rings. The molecule has 0 saturated carbocycles. The van der Waals surface area contributed by atoms with Crippen LogP contribution in [-0.4, -0.2) is 15.7 Å². The van der Waals surface area contributed by atoms with Crippen molar-refractivity contribution < 1.29 is 4.79 Å². The number of hydrogen-bond donors (Lipinski definition) is 1. The SMILES string of the molecule is Cn1cc(CNC(=O)C(C)(C)C#N)cn1. The molecular weight excluding hydrogens is 192 g/mol. The molecule has 1 rings (SSSR count). The third kappa shape index (κ3) is 2.81. The van der Waals surface area contributed by atoms with Crippen LogP contribution in [-0.2, 0) is 18.4 Å². The van der Waals surface area contributed by atoms with Gasteiger partial charge in [-0.3, -0.25) is 9.48 Å². The summed E-state index contributed by atoms with van der Waals surface area (Å²) < 4.78 is 1.66. The van der Waals surface area contributed by atoms with E-state index in [0.29, 0.717) is 6.54 Å². The lowest BCUT2D eigenvalue weighted by atomic mass is 9.95. The van der Waals surface area contributed by atoms with Crippen molar-refractivity contribution in [2.75, 3.05) is 0 Å². The molecular formula is C10H14N4O. The normalized spacial score (nSPS) is 10.8. The second-order valence-corrected chi connectivity index (χ2v) is 3.94. The van der Waals surface area contributed by atoms with Gasteiger partial charge < -0.3 is 5.32 Å². The molecule has 0 aliphatic heterocycles. The van der Waals surface area contributed by atoms with Crippen LogP contribution in [0, 0.1) is 16.7 Å². The minimum Gasteiger partial charge on any atom is -0.351 e. The van der Waals surface area contributed by atoms with Gasteiger partial charge in [0.05, 0.1) is 12.3 Å². The van der Waals surface area contributed by atoms with E-state index in [2.05, 4.69) is 10.4 Å². The van der Waals surface area contributed by atoms with Crippen molar-refractivity contribution in [2.24, 2.45) is 12.5 Å². The Hall–Kier alpha value is -1.83. The smallest absolute Gasteiger partial charge is 0.240 e. The van der Waals surface area contributed by atoms with Crippen molar-refractivity contribution in [2.45, 2.75) is 20.4 Å². The summed E-state index contributed by atoms with van der Waals surface area (Å²) in [7, 11) is 1.81. The molecule has 0 aliphatic rings. The van der Waals surface area contributed by atoms with Gasteiger partial charge >= 0.3 is 0 Å². The Balaban J connectivity index is 2.52. The Morgan fingerprint density at radius 3 is 2.87 bits per heavy atom. The molecule has 1 aromatic heterocycles. The molecule has 0 bridgehead atoms. The average molecular weight is 206 g/mol. The van der Waals surface area contributed by atoms with Gasteiger partial charge in [0, 0.05) is 25.4 Å². The number of amides is 1. The highest BCUT2D eigenvalue weighted by atomic mass is 16.2. The van der Waals surface area contributed by atoms with Crippen LogP contribution < -0.4 is 5.32 Å². The molecule has 1 amide bonds. The highest BCUT2D eigenvalue weighted by Gasteiger charge is 2.26. The van der Waals surface area contributed by atoms with Crippen molar-refractivity contribution in [3.63, 3.8) is 0 Å². The number of hydrogen-bond acceptors (Lipinski definition) is 3. The van der Waals surface area contributed by atoms with Crippen LogP contribution >= 0.6 is 0 Å². The molecule has 15 heavy (non-hydrogen) atoms. The fraction of sp³-hybridized carbons (Fsp3) is 0.500. The third-order valence-electron chi connectivity index (χ3n) is 2.06. The van der Waals surface area contributed by atoms with Crippen molar-refractivity contribution in [3.8, 4) is 6.07 Å². The summed E-state index contributed by atoms with van der Waals surface area (Å²) >= 11 is 0. The topological polar surface area (TPSA) is 70.7 Å². The van der Waals surface area contributed by atoms with Crippen LogP contribution in [0.2, 0.25) is 0 Å². The maximum Gasteiger partial charge on any atom is 0.240 e. The zero-order valence-corrected chi connectivity index (χ0v) is 9.11. The quantitative estimate of drug-likeness (QED) is 0.786.